The van der Waals surface area contributed by atoms with Gasteiger partial charge in [0.2, 0.25) is 0 Å². The van der Waals surface area contributed by atoms with E-state index < -0.39 is 24.6 Å². The van der Waals surface area contributed by atoms with E-state index in [1.165, 1.54) is 0 Å². The highest BCUT2D eigenvalue weighted by molar-refractivity contribution is 5.88. The van der Waals surface area contributed by atoms with Crippen molar-refractivity contribution in [3.05, 3.63) is 0 Å². The van der Waals surface area contributed by atoms with Crippen LogP contribution in [0.2, 0.25) is 0 Å². The first-order valence-electron chi connectivity index (χ1n) is 2.38. The zero-order chi connectivity index (χ0) is 8.36. The van der Waals surface area contributed by atoms with Gasteiger partial charge in [0.05, 0.1) is 0 Å². The lowest BCUT2D eigenvalue weighted by atomic mass is 10.2. The zero-order valence-electron chi connectivity index (χ0n) is 4.85. The Hall–Kier alpha value is -0.620. The zero-order valence-corrected chi connectivity index (χ0v) is 4.85. The summed E-state index contributed by atoms with van der Waals surface area (Å²) in [5.41, 5.74) is 4.60. The Morgan fingerprint density at radius 1 is 1.60 bits per heavy atom. The molecule has 10 heavy (non-hydrogen) atoms. The quantitative estimate of drug-likeness (QED) is 0.564. The van der Waals surface area contributed by atoms with Crippen LogP contribution >= 0.6 is 0 Å². The number of hydrogen-bond acceptors (Lipinski definition) is 3. The molecular weight excluding hydrogens is 151 g/mol. The van der Waals surface area contributed by atoms with Crippen LogP contribution in [0.15, 0.2) is 0 Å². The van der Waals surface area contributed by atoms with Gasteiger partial charge in [-0.25, -0.2) is 0 Å². The van der Waals surface area contributed by atoms with Crippen LogP contribution in [-0.2, 0) is 4.79 Å². The first-order chi connectivity index (χ1) is 4.39. The summed E-state index contributed by atoms with van der Waals surface area (Å²) < 4.78 is 34.0. The number of carbonyl (C=O) groups excluding carboxylic acids is 1. The second-order valence-corrected chi connectivity index (χ2v) is 1.61. The number of hydrogen-bond donors (Lipinski definition) is 2. The molecule has 0 spiro atoms. The van der Waals surface area contributed by atoms with Crippen molar-refractivity contribution in [2.24, 2.45) is 5.73 Å². The fraction of sp³-hybridized carbons (Fsp3) is 0.750. The number of nitrogens with two attached hydrogens (primary N) is 1. The summed E-state index contributed by atoms with van der Waals surface area (Å²) in [6.45, 7) is -0.710. The average Bonchev–Trinajstić information content (AvgIpc) is 1.83. The first-order valence-corrected chi connectivity index (χ1v) is 2.38. The maximum atomic E-state index is 11.3. The van der Waals surface area contributed by atoms with Crippen molar-refractivity contribution < 1.29 is 23.1 Å². The molecule has 0 fully saturated rings. The third kappa shape index (κ3) is 2.32. The molecule has 1 unspecified atom stereocenters. The summed E-state index contributed by atoms with van der Waals surface area (Å²) in [7, 11) is 0. The van der Waals surface area contributed by atoms with Crippen molar-refractivity contribution in [2.75, 3.05) is 6.54 Å². The second kappa shape index (κ2) is 2.98. The molecule has 0 bridgehead atoms. The number of ketones is 1. The van der Waals surface area contributed by atoms with Crippen LogP contribution in [0.4, 0.5) is 13.2 Å². The third-order valence-electron chi connectivity index (χ3n) is 0.805. The van der Waals surface area contributed by atoms with Crippen LogP contribution in [0.25, 0.3) is 0 Å². The number of aliphatic hydroxyl groups is 1. The maximum absolute atomic E-state index is 11.3. The Morgan fingerprint density at radius 3 is 2.10 bits per heavy atom. The van der Waals surface area contributed by atoms with Gasteiger partial charge in [0.15, 0.2) is 0 Å². The SMILES string of the molecule is NCC(O)C(=O)C(F)(F)F. The largest absolute Gasteiger partial charge is 0.452 e. The highest BCUT2D eigenvalue weighted by atomic mass is 19.4. The molecule has 0 aromatic rings. The maximum Gasteiger partial charge on any atom is 0.452 e. The number of carbonyl (C=O) groups is 1. The summed E-state index contributed by atoms with van der Waals surface area (Å²) in [6.07, 6.45) is -7.11. The van der Waals surface area contributed by atoms with E-state index >= 15 is 0 Å². The van der Waals surface area contributed by atoms with Crippen molar-refractivity contribution in [1.82, 2.24) is 0 Å². The lowest BCUT2D eigenvalue weighted by Gasteiger charge is -2.08. The fourth-order valence-electron chi connectivity index (χ4n) is 0.296. The third-order valence-corrected chi connectivity index (χ3v) is 0.805. The predicted molar refractivity (Wildman–Crippen MR) is 26.1 cm³/mol. The van der Waals surface area contributed by atoms with E-state index in [-0.39, 0.29) is 0 Å². The van der Waals surface area contributed by atoms with Gasteiger partial charge in [0.25, 0.3) is 5.78 Å². The molecule has 60 valence electrons. The highest BCUT2D eigenvalue weighted by Crippen LogP contribution is 2.17. The van der Waals surface area contributed by atoms with Gasteiger partial charge in [0, 0.05) is 6.54 Å². The number of halogens is 3. The van der Waals surface area contributed by atoms with Gasteiger partial charge in [-0.1, -0.05) is 0 Å². The topological polar surface area (TPSA) is 63.3 Å². The summed E-state index contributed by atoms with van der Waals surface area (Å²) in [5.74, 6) is -2.20. The fourth-order valence-corrected chi connectivity index (χ4v) is 0.296. The van der Waals surface area contributed by atoms with Crippen LogP contribution in [0.5, 0.6) is 0 Å². The molecule has 0 aliphatic carbocycles. The van der Waals surface area contributed by atoms with Crippen LogP contribution in [0.3, 0.4) is 0 Å². The molecule has 3 nitrogen and oxygen atoms in total. The van der Waals surface area contributed by atoms with Crippen molar-refractivity contribution in [1.29, 1.82) is 0 Å². The molecular formula is C4H6F3NO2. The molecule has 0 aromatic carbocycles. The summed E-state index contributed by atoms with van der Waals surface area (Å²) in [4.78, 5) is 9.94. The van der Waals surface area contributed by atoms with E-state index in [2.05, 4.69) is 5.73 Å². The molecule has 0 saturated heterocycles. The van der Waals surface area contributed by atoms with E-state index in [9.17, 15) is 18.0 Å². The molecule has 0 aliphatic heterocycles. The van der Waals surface area contributed by atoms with Crippen molar-refractivity contribution >= 4 is 5.78 Å². The van der Waals surface area contributed by atoms with Gasteiger partial charge in [0.1, 0.15) is 6.10 Å². The Labute approximate surface area is 54.6 Å². The Balaban J connectivity index is 4.09. The normalized spacial score (nSPS) is 14.9. The van der Waals surface area contributed by atoms with Gasteiger partial charge in [-0.15, -0.1) is 0 Å². The van der Waals surface area contributed by atoms with Gasteiger partial charge < -0.3 is 10.8 Å². The highest BCUT2D eigenvalue weighted by Gasteiger charge is 2.42. The van der Waals surface area contributed by atoms with Crippen LogP contribution in [0, 0.1) is 0 Å². The number of alkyl halides is 3. The van der Waals surface area contributed by atoms with Gasteiger partial charge in [-0.3, -0.25) is 4.79 Å². The smallest absolute Gasteiger partial charge is 0.384 e. The Kier molecular flexibility index (Phi) is 2.79. The monoisotopic (exact) mass is 157 g/mol. The van der Waals surface area contributed by atoms with E-state index in [0.29, 0.717) is 0 Å². The minimum atomic E-state index is -4.99. The molecule has 3 N–H and O–H groups in total. The van der Waals surface area contributed by atoms with Crippen molar-refractivity contribution in [3.8, 4) is 0 Å². The minimum absolute atomic E-state index is 0.710. The Bertz CT molecular complexity index is 133. The Morgan fingerprint density at radius 2 is 2.00 bits per heavy atom. The standard InChI is InChI=1S/C4H6F3NO2/c5-4(6,7)3(10)2(9)1-8/h2,9H,1,8H2. The molecule has 0 amide bonds. The average molecular weight is 157 g/mol. The number of Topliss-reactive ketones (excluding diaryl/α,β-unsaturated/α-hetero) is 1. The van der Waals surface area contributed by atoms with Crippen LogP contribution in [-0.4, -0.2) is 29.7 Å². The molecule has 0 radical (unpaired) electrons. The molecule has 6 heteroatoms. The van der Waals surface area contributed by atoms with E-state index in [1.807, 2.05) is 0 Å². The lowest BCUT2D eigenvalue weighted by molar-refractivity contribution is -0.179. The van der Waals surface area contributed by atoms with Gasteiger partial charge in [-0.2, -0.15) is 13.2 Å². The summed E-state index contributed by atoms with van der Waals surface area (Å²) in [5, 5.41) is 8.27. The van der Waals surface area contributed by atoms with Gasteiger partial charge >= 0.3 is 6.18 Å². The molecule has 0 heterocycles. The number of rotatable bonds is 2. The van der Waals surface area contributed by atoms with Crippen molar-refractivity contribution in [2.45, 2.75) is 12.3 Å². The summed E-state index contributed by atoms with van der Waals surface area (Å²) in [6, 6.07) is 0. The molecule has 0 saturated carbocycles. The predicted octanol–water partition coefficient (Wildman–Crippen LogP) is -0.563. The second-order valence-electron chi connectivity index (χ2n) is 1.61. The molecule has 1 atom stereocenters. The van der Waals surface area contributed by atoms with Crippen molar-refractivity contribution in [3.63, 3.8) is 0 Å². The number of aliphatic hydroxyl groups excluding tert-OH is 1. The summed E-state index contributed by atoms with van der Waals surface area (Å²) >= 11 is 0. The van der Waals surface area contributed by atoms with E-state index in [0.717, 1.165) is 0 Å². The minimum Gasteiger partial charge on any atom is -0.384 e. The van der Waals surface area contributed by atoms with Crippen LogP contribution in [0.1, 0.15) is 0 Å². The molecule has 0 rings (SSSR count). The molecule has 0 aliphatic rings. The molecule has 0 aromatic heterocycles. The lowest BCUT2D eigenvalue weighted by Crippen LogP contribution is -2.39. The van der Waals surface area contributed by atoms with E-state index in [4.69, 9.17) is 5.11 Å². The van der Waals surface area contributed by atoms with E-state index in [1.54, 1.807) is 0 Å². The van der Waals surface area contributed by atoms with Gasteiger partial charge in [-0.05, 0) is 0 Å². The first kappa shape index (κ1) is 9.38. The van der Waals surface area contributed by atoms with Crippen LogP contribution < -0.4 is 5.73 Å².